The Kier molecular flexibility index (Phi) is 2.05. The molecule has 3 unspecified atom stereocenters. The SMILES string of the molecule is CC1CCC(O)NC1O. The standard InChI is InChI=1S/C6H13NO2/c1-4-2-3-5(8)7-6(4)9/h4-9H,2-3H2,1H3. The largest absolute Gasteiger partial charge is 0.379 e. The molecule has 0 radical (unpaired) electrons. The number of rotatable bonds is 0. The van der Waals surface area contributed by atoms with Crippen molar-refractivity contribution in [1.29, 1.82) is 0 Å². The molecule has 0 aromatic heterocycles. The Morgan fingerprint density at radius 1 is 1.33 bits per heavy atom. The van der Waals surface area contributed by atoms with Crippen LogP contribution in [0.3, 0.4) is 0 Å². The molecule has 0 aromatic carbocycles. The van der Waals surface area contributed by atoms with Gasteiger partial charge in [-0.15, -0.1) is 0 Å². The molecule has 3 nitrogen and oxygen atoms in total. The minimum atomic E-state index is -0.520. The summed E-state index contributed by atoms with van der Waals surface area (Å²) in [4.78, 5) is 0. The van der Waals surface area contributed by atoms with Crippen LogP contribution in [0.4, 0.5) is 0 Å². The van der Waals surface area contributed by atoms with Gasteiger partial charge in [0, 0.05) is 0 Å². The fraction of sp³-hybridized carbons (Fsp3) is 1.00. The first kappa shape index (κ1) is 6.99. The molecule has 54 valence electrons. The lowest BCUT2D eigenvalue weighted by Crippen LogP contribution is -2.46. The maximum atomic E-state index is 9.08. The molecular formula is C6H13NO2. The predicted molar refractivity (Wildman–Crippen MR) is 33.5 cm³/mol. The van der Waals surface area contributed by atoms with Gasteiger partial charge in [0.25, 0.3) is 0 Å². The van der Waals surface area contributed by atoms with Crippen molar-refractivity contribution in [3.63, 3.8) is 0 Å². The van der Waals surface area contributed by atoms with Gasteiger partial charge in [-0.25, -0.2) is 0 Å². The van der Waals surface area contributed by atoms with Crippen molar-refractivity contribution in [3.8, 4) is 0 Å². The van der Waals surface area contributed by atoms with Crippen LogP contribution in [0.15, 0.2) is 0 Å². The van der Waals surface area contributed by atoms with Crippen molar-refractivity contribution in [2.75, 3.05) is 0 Å². The summed E-state index contributed by atoms with van der Waals surface area (Å²) < 4.78 is 0. The third-order valence-corrected chi connectivity index (χ3v) is 1.80. The van der Waals surface area contributed by atoms with Crippen LogP contribution >= 0.6 is 0 Å². The van der Waals surface area contributed by atoms with Gasteiger partial charge in [-0.2, -0.15) is 0 Å². The fourth-order valence-corrected chi connectivity index (χ4v) is 1.02. The van der Waals surface area contributed by atoms with Crippen LogP contribution < -0.4 is 5.32 Å². The van der Waals surface area contributed by atoms with E-state index in [2.05, 4.69) is 5.32 Å². The second-order valence-corrected chi connectivity index (χ2v) is 2.68. The van der Waals surface area contributed by atoms with Gasteiger partial charge >= 0.3 is 0 Å². The zero-order valence-electron chi connectivity index (χ0n) is 5.54. The Bertz CT molecular complexity index is 97.1. The van der Waals surface area contributed by atoms with Crippen LogP contribution in [0.1, 0.15) is 19.8 Å². The van der Waals surface area contributed by atoms with E-state index < -0.39 is 12.5 Å². The van der Waals surface area contributed by atoms with Crippen LogP contribution in [-0.4, -0.2) is 22.7 Å². The summed E-state index contributed by atoms with van der Waals surface area (Å²) >= 11 is 0. The van der Waals surface area contributed by atoms with Gasteiger partial charge in [-0.3, -0.25) is 5.32 Å². The molecule has 1 aliphatic heterocycles. The Hall–Kier alpha value is -0.120. The molecule has 3 N–H and O–H groups in total. The molecule has 1 heterocycles. The molecule has 0 bridgehead atoms. The van der Waals surface area contributed by atoms with E-state index in [4.69, 9.17) is 10.2 Å². The molecule has 1 fully saturated rings. The van der Waals surface area contributed by atoms with Gasteiger partial charge in [0.05, 0.1) is 0 Å². The Balaban J connectivity index is 2.35. The van der Waals surface area contributed by atoms with Gasteiger partial charge < -0.3 is 10.2 Å². The highest BCUT2D eigenvalue weighted by atomic mass is 16.3. The molecule has 1 aliphatic rings. The number of hydrogen-bond donors (Lipinski definition) is 3. The van der Waals surface area contributed by atoms with Crippen molar-refractivity contribution >= 4 is 0 Å². The monoisotopic (exact) mass is 131 g/mol. The average molecular weight is 131 g/mol. The van der Waals surface area contributed by atoms with Crippen LogP contribution in [-0.2, 0) is 0 Å². The van der Waals surface area contributed by atoms with E-state index in [1.165, 1.54) is 0 Å². The lowest BCUT2D eigenvalue weighted by Gasteiger charge is -2.29. The summed E-state index contributed by atoms with van der Waals surface area (Å²) in [5, 5.41) is 20.6. The van der Waals surface area contributed by atoms with E-state index in [-0.39, 0.29) is 5.92 Å². The van der Waals surface area contributed by atoms with E-state index in [0.717, 1.165) is 12.8 Å². The quantitative estimate of drug-likeness (QED) is 0.421. The van der Waals surface area contributed by atoms with Crippen LogP contribution in [0.25, 0.3) is 0 Å². The van der Waals surface area contributed by atoms with Gasteiger partial charge in [-0.1, -0.05) is 6.92 Å². The predicted octanol–water partition coefficient (Wildman–Crippen LogP) is -0.357. The van der Waals surface area contributed by atoms with Crippen LogP contribution in [0.2, 0.25) is 0 Å². The van der Waals surface area contributed by atoms with Crippen LogP contribution in [0, 0.1) is 5.92 Å². The Morgan fingerprint density at radius 3 is 2.44 bits per heavy atom. The first-order chi connectivity index (χ1) is 4.20. The summed E-state index contributed by atoms with van der Waals surface area (Å²) in [5.41, 5.74) is 0. The number of nitrogens with one attached hydrogen (secondary N) is 1. The summed E-state index contributed by atoms with van der Waals surface area (Å²) in [5.74, 6) is 0.272. The summed E-state index contributed by atoms with van der Waals surface area (Å²) in [6.07, 6.45) is 0.623. The third kappa shape index (κ3) is 1.64. The average Bonchev–Trinajstić information content (AvgIpc) is 1.80. The highest BCUT2D eigenvalue weighted by molar-refractivity contribution is 4.71. The molecule has 0 saturated carbocycles. The van der Waals surface area contributed by atoms with Gasteiger partial charge in [-0.05, 0) is 18.8 Å². The normalized spacial score (nSPS) is 45.0. The lowest BCUT2D eigenvalue weighted by atomic mass is 9.99. The molecule has 3 heteroatoms. The Morgan fingerprint density at radius 2 is 2.00 bits per heavy atom. The second-order valence-electron chi connectivity index (χ2n) is 2.68. The zero-order valence-corrected chi connectivity index (χ0v) is 5.54. The van der Waals surface area contributed by atoms with Crippen molar-refractivity contribution in [1.82, 2.24) is 5.32 Å². The summed E-state index contributed by atoms with van der Waals surface area (Å²) in [6, 6.07) is 0. The van der Waals surface area contributed by atoms with Gasteiger partial charge in [0.15, 0.2) is 0 Å². The molecule has 0 aromatic rings. The van der Waals surface area contributed by atoms with Gasteiger partial charge in [0.2, 0.25) is 0 Å². The first-order valence-corrected chi connectivity index (χ1v) is 3.32. The number of aliphatic hydroxyl groups excluding tert-OH is 2. The Labute approximate surface area is 54.7 Å². The van der Waals surface area contributed by atoms with Crippen molar-refractivity contribution in [3.05, 3.63) is 0 Å². The topological polar surface area (TPSA) is 52.5 Å². The van der Waals surface area contributed by atoms with E-state index >= 15 is 0 Å². The van der Waals surface area contributed by atoms with Crippen molar-refractivity contribution < 1.29 is 10.2 Å². The third-order valence-electron chi connectivity index (χ3n) is 1.80. The first-order valence-electron chi connectivity index (χ1n) is 3.32. The minimum absolute atomic E-state index is 0.272. The lowest BCUT2D eigenvalue weighted by molar-refractivity contribution is -0.0270. The number of aliphatic hydroxyl groups is 2. The number of piperidine rings is 1. The molecular weight excluding hydrogens is 118 g/mol. The maximum absolute atomic E-state index is 9.08. The van der Waals surface area contributed by atoms with E-state index in [1.807, 2.05) is 6.92 Å². The fourth-order valence-electron chi connectivity index (χ4n) is 1.02. The molecule has 0 amide bonds. The van der Waals surface area contributed by atoms with E-state index in [9.17, 15) is 0 Å². The smallest absolute Gasteiger partial charge is 0.109 e. The van der Waals surface area contributed by atoms with E-state index in [1.54, 1.807) is 0 Å². The highest BCUT2D eigenvalue weighted by Crippen LogP contribution is 2.15. The summed E-state index contributed by atoms with van der Waals surface area (Å²) in [7, 11) is 0. The molecule has 1 saturated heterocycles. The van der Waals surface area contributed by atoms with Crippen LogP contribution in [0.5, 0.6) is 0 Å². The molecule has 0 spiro atoms. The summed E-state index contributed by atoms with van der Waals surface area (Å²) in [6.45, 7) is 1.96. The van der Waals surface area contributed by atoms with Crippen molar-refractivity contribution in [2.45, 2.75) is 32.2 Å². The molecule has 9 heavy (non-hydrogen) atoms. The van der Waals surface area contributed by atoms with Gasteiger partial charge in [0.1, 0.15) is 12.5 Å². The highest BCUT2D eigenvalue weighted by Gasteiger charge is 2.22. The van der Waals surface area contributed by atoms with Crippen molar-refractivity contribution in [2.24, 2.45) is 5.92 Å². The number of hydrogen-bond acceptors (Lipinski definition) is 3. The molecule has 0 aliphatic carbocycles. The molecule has 1 rings (SSSR count). The maximum Gasteiger partial charge on any atom is 0.109 e. The second kappa shape index (κ2) is 2.64. The zero-order chi connectivity index (χ0) is 6.85. The minimum Gasteiger partial charge on any atom is -0.379 e. The van der Waals surface area contributed by atoms with E-state index in [0.29, 0.717) is 0 Å². The molecule has 3 atom stereocenters.